The number of hydrogen-bond donors (Lipinski definition) is 2. The van der Waals surface area contributed by atoms with Gasteiger partial charge >= 0.3 is 0 Å². The summed E-state index contributed by atoms with van der Waals surface area (Å²) in [6.07, 6.45) is 8.69. The minimum Gasteiger partial charge on any atom is -1.00 e. The van der Waals surface area contributed by atoms with Gasteiger partial charge in [0.05, 0.1) is 51.1 Å². The third-order valence-electron chi connectivity index (χ3n) is 15.6. The van der Waals surface area contributed by atoms with Crippen LogP contribution in [0, 0.1) is 0 Å². The first-order chi connectivity index (χ1) is 25.4. The van der Waals surface area contributed by atoms with Crippen LogP contribution in [0.3, 0.4) is 0 Å². The van der Waals surface area contributed by atoms with Gasteiger partial charge in [-0.1, -0.05) is 25.3 Å². The van der Waals surface area contributed by atoms with Crippen molar-refractivity contribution in [2.75, 3.05) is 54.0 Å². The highest BCUT2D eigenvalue weighted by Crippen LogP contribution is 2.68. The first-order valence-electron chi connectivity index (χ1n) is 19.6. The number of nitrogens with zero attached hydrogens (tertiary/aromatic N) is 2. The van der Waals surface area contributed by atoms with Crippen molar-refractivity contribution in [2.24, 2.45) is 0 Å². The number of hydrogen-bond acceptors (Lipinski definition) is 8. The third kappa shape index (κ3) is 4.84. The van der Waals surface area contributed by atoms with Crippen molar-refractivity contribution in [3.63, 3.8) is 0 Å². The van der Waals surface area contributed by atoms with Crippen molar-refractivity contribution in [3.05, 3.63) is 71.8 Å². The van der Waals surface area contributed by atoms with Crippen LogP contribution < -0.4 is 57.4 Å². The van der Waals surface area contributed by atoms with Gasteiger partial charge in [0.25, 0.3) is 0 Å². The lowest BCUT2D eigenvalue weighted by Crippen LogP contribution is -3.00. The molecular formula is C43H54I2N2O8. The highest BCUT2D eigenvalue weighted by molar-refractivity contribution is 5.91. The highest BCUT2D eigenvalue weighted by Gasteiger charge is 2.79. The molecule has 0 aromatic heterocycles. The summed E-state index contributed by atoms with van der Waals surface area (Å²) < 4.78 is 27.2. The molecule has 4 aliphatic carbocycles. The predicted octanol–water partition coefficient (Wildman–Crippen LogP) is -1.40. The second kappa shape index (κ2) is 13.7. The quantitative estimate of drug-likeness (QED) is 0.199. The largest absolute Gasteiger partial charge is 1.00 e. The van der Waals surface area contributed by atoms with Crippen molar-refractivity contribution < 1.29 is 95.7 Å². The van der Waals surface area contributed by atoms with Crippen LogP contribution in [-0.2, 0) is 42.7 Å². The minimum atomic E-state index is -0.543. The van der Waals surface area contributed by atoms with Crippen molar-refractivity contribution in [3.8, 4) is 23.0 Å². The van der Waals surface area contributed by atoms with E-state index in [1.54, 1.807) is 19.2 Å². The number of quaternary nitrogens is 2. The van der Waals surface area contributed by atoms with E-state index in [0.717, 1.165) is 78.4 Å². The average molecular weight is 981 g/mol. The second-order valence-corrected chi connectivity index (χ2v) is 17.5. The zero-order chi connectivity index (χ0) is 37.3. The number of likely N-dealkylation sites (N-methyl/N-ethyl adjacent to an activating group) is 2. The van der Waals surface area contributed by atoms with Gasteiger partial charge in [-0.25, -0.2) is 0 Å². The van der Waals surface area contributed by atoms with Crippen LogP contribution in [0.2, 0.25) is 0 Å². The number of carbonyl (C=O) groups excluding carboxylic acids is 2. The van der Waals surface area contributed by atoms with E-state index in [1.165, 1.54) is 11.1 Å². The topological polar surface area (TPSA) is 112 Å². The molecule has 2 N–H and O–H groups in total. The van der Waals surface area contributed by atoms with Crippen LogP contribution >= 0.6 is 0 Å². The third-order valence-corrected chi connectivity index (χ3v) is 15.6. The van der Waals surface area contributed by atoms with E-state index in [1.807, 2.05) is 31.2 Å². The number of ether oxygens (including phenoxy) is 4. The second-order valence-electron chi connectivity index (χ2n) is 17.5. The summed E-state index contributed by atoms with van der Waals surface area (Å²) in [7, 11) is 6.37. The number of halogens is 2. The highest BCUT2D eigenvalue weighted by atomic mass is 127. The Morgan fingerprint density at radius 2 is 1.20 bits per heavy atom. The van der Waals surface area contributed by atoms with Crippen LogP contribution in [0.5, 0.6) is 23.0 Å². The first kappa shape index (κ1) is 40.9. The molecule has 2 aromatic rings. The summed E-state index contributed by atoms with van der Waals surface area (Å²) in [6.45, 7) is 14.3. The fraction of sp³-hybridized carbons (Fsp3) is 0.581. The number of likely N-dealkylation sites (tertiary alicyclic amines) is 2. The molecule has 0 unspecified atom stereocenters. The molecule has 2 saturated carbocycles. The Morgan fingerprint density at radius 1 is 0.764 bits per heavy atom. The number of phenols is 2. The molecule has 298 valence electrons. The standard InChI is InChI=1S/C22H27NO4.C21H25NO4.2HI/c1-4-11-23(3)12-10-21-18-14-6-7-15(24)19(18)27-20(21)16(25)8-9-22(21,26-5-2)17(23)13-14;1-4-10-22(2)11-9-20-17-13-5-6-14(23)18(17)26-19(20)15(24)7-8-21(20,25-3)16(22)12-13;;/h4,6-7,17,20H,1,5,8-13H2,2-3H3;4-6,16,19H,1,7-12H2,2-3H3;2*1H/t17-,20+,21+,22-,23+;16-,19+,20+,21-,22+;;/m11../s1. The molecule has 4 bridgehead atoms. The minimum absolute atomic E-state index is 0. The Kier molecular flexibility index (Phi) is 10.2. The molecule has 12 heteroatoms. The Bertz CT molecular complexity index is 1980. The summed E-state index contributed by atoms with van der Waals surface area (Å²) in [6, 6.07) is 7.94. The number of methoxy groups -OCH3 is 1. The van der Waals surface area contributed by atoms with E-state index >= 15 is 0 Å². The van der Waals surface area contributed by atoms with Crippen LogP contribution in [0.25, 0.3) is 0 Å². The zero-order valence-electron chi connectivity index (χ0n) is 32.4. The molecule has 2 spiro atoms. The number of phenolic OH excluding ortho intramolecular Hbond substituents is 2. The van der Waals surface area contributed by atoms with Crippen molar-refractivity contribution in [2.45, 2.75) is 105 Å². The summed E-state index contributed by atoms with van der Waals surface area (Å²) in [5.74, 6) is 1.60. The lowest BCUT2D eigenvalue weighted by molar-refractivity contribution is -0.944. The molecule has 55 heavy (non-hydrogen) atoms. The van der Waals surface area contributed by atoms with Crippen LogP contribution in [0.4, 0.5) is 0 Å². The maximum atomic E-state index is 13.0. The maximum absolute atomic E-state index is 13.0. The summed E-state index contributed by atoms with van der Waals surface area (Å²) >= 11 is 0. The molecule has 4 fully saturated rings. The van der Waals surface area contributed by atoms with Gasteiger partial charge in [0.2, 0.25) is 0 Å². The first-order valence-corrected chi connectivity index (χ1v) is 19.6. The van der Waals surface area contributed by atoms with Gasteiger partial charge < -0.3 is 86.1 Å². The van der Waals surface area contributed by atoms with Crippen LogP contribution in [0.15, 0.2) is 49.6 Å². The van der Waals surface area contributed by atoms with E-state index < -0.39 is 34.2 Å². The van der Waals surface area contributed by atoms with Crippen LogP contribution in [-0.4, -0.2) is 120 Å². The molecule has 10 atom stereocenters. The SMILES string of the molecule is C=CC[N@@+]1(C)CC[C@]23c4c5ccc(O)c4O[C@H]2C(=O)CC[C@@]3(OC)[C@H]1C5.C=CC[N@@+]1(C)CC[C@]23c4c5ccc(O)c4O[C@H]2C(=O)CC[C@@]3(OCC)[C@H]1C5.[I-].[I-]. The van der Waals surface area contributed by atoms with Crippen LogP contribution in [0.1, 0.15) is 67.7 Å². The van der Waals surface area contributed by atoms with E-state index in [-0.39, 0.29) is 83.1 Å². The molecule has 0 amide bonds. The number of aromatic hydroxyl groups is 2. The smallest absolute Gasteiger partial charge is 0.174 e. The fourth-order valence-corrected chi connectivity index (χ4v) is 13.6. The van der Waals surface area contributed by atoms with Gasteiger partial charge in [0.1, 0.15) is 23.3 Å². The Hall–Kier alpha value is -2.24. The number of piperidine rings is 2. The summed E-state index contributed by atoms with van der Waals surface area (Å²) in [4.78, 5) is 25.9. The molecule has 8 aliphatic rings. The van der Waals surface area contributed by atoms with Crippen molar-refractivity contribution in [1.29, 1.82) is 0 Å². The molecular weight excluding hydrogens is 926 g/mol. The molecule has 10 nitrogen and oxygen atoms in total. The zero-order valence-corrected chi connectivity index (χ0v) is 36.7. The molecule has 0 radical (unpaired) electrons. The lowest BCUT2D eigenvalue weighted by atomic mass is 9.48. The van der Waals surface area contributed by atoms with Gasteiger partial charge in [0, 0.05) is 63.4 Å². The van der Waals surface area contributed by atoms with Gasteiger partial charge in [-0.2, -0.15) is 0 Å². The molecule has 10 rings (SSSR count). The average Bonchev–Trinajstić information content (AvgIpc) is 3.69. The van der Waals surface area contributed by atoms with E-state index in [9.17, 15) is 19.8 Å². The van der Waals surface area contributed by atoms with Crippen molar-refractivity contribution >= 4 is 11.6 Å². The number of ketones is 2. The molecule has 4 aliphatic heterocycles. The maximum Gasteiger partial charge on any atom is 0.174 e. The number of rotatable bonds is 7. The Labute approximate surface area is 358 Å². The lowest BCUT2D eigenvalue weighted by Gasteiger charge is -2.65. The molecule has 2 saturated heterocycles. The summed E-state index contributed by atoms with van der Waals surface area (Å²) in [5.41, 5.74) is 2.63. The summed E-state index contributed by atoms with van der Waals surface area (Å²) in [5, 5.41) is 20.9. The molecule has 4 heterocycles. The Balaban J connectivity index is 0.000000163. The van der Waals surface area contributed by atoms with Gasteiger partial charge in [-0.05, 0) is 55.2 Å². The molecule has 2 aromatic carbocycles. The normalized spacial score (nSPS) is 40.1. The predicted molar refractivity (Wildman–Crippen MR) is 197 cm³/mol. The van der Waals surface area contributed by atoms with Gasteiger partial charge in [0.15, 0.2) is 46.8 Å². The number of Topliss-reactive ketones (excluding diaryl/α,β-unsaturated/α-hetero) is 2. The Morgan fingerprint density at radius 3 is 1.64 bits per heavy atom. The fourth-order valence-electron chi connectivity index (χ4n) is 13.6. The number of benzene rings is 2. The van der Waals surface area contributed by atoms with Gasteiger partial charge in [-0.15, -0.1) is 0 Å². The van der Waals surface area contributed by atoms with Gasteiger partial charge in [-0.3, -0.25) is 9.59 Å². The monoisotopic (exact) mass is 980 g/mol. The van der Waals surface area contributed by atoms with Crippen molar-refractivity contribution in [1.82, 2.24) is 0 Å². The van der Waals surface area contributed by atoms with E-state index in [2.05, 4.69) is 27.3 Å². The van der Waals surface area contributed by atoms with E-state index in [0.29, 0.717) is 37.4 Å². The van der Waals surface area contributed by atoms with E-state index in [4.69, 9.17) is 18.9 Å². The number of carbonyl (C=O) groups is 2.